The van der Waals surface area contributed by atoms with Gasteiger partial charge in [-0.25, -0.2) is 13.1 Å². The molecule has 1 aliphatic heterocycles. The van der Waals surface area contributed by atoms with Gasteiger partial charge >= 0.3 is 6.18 Å². The summed E-state index contributed by atoms with van der Waals surface area (Å²) in [4.78, 5) is 14.5. The van der Waals surface area contributed by atoms with Gasteiger partial charge in [0.05, 0.1) is 18.4 Å². The molecule has 0 radical (unpaired) electrons. The highest BCUT2D eigenvalue weighted by Crippen LogP contribution is 2.40. The molecule has 202 valence electrons. The molecule has 6 nitrogen and oxygen atoms in total. The van der Waals surface area contributed by atoms with Gasteiger partial charge in [-0.05, 0) is 92.6 Å². The second-order valence-electron chi connectivity index (χ2n) is 9.98. The van der Waals surface area contributed by atoms with Crippen molar-refractivity contribution in [1.29, 1.82) is 0 Å². The molecule has 11 heteroatoms. The van der Waals surface area contributed by atoms with E-state index >= 15 is 0 Å². The SMILES string of the molecule is CS(=O)(=O)NC(=O)C1=CC(C2CC2)C=C(OCC2CCN(Cc3cc(C(F)(F)F)ccc3Cl)CC2)C=C1. The van der Waals surface area contributed by atoms with Crippen molar-refractivity contribution < 1.29 is 31.1 Å². The van der Waals surface area contributed by atoms with E-state index in [-0.39, 0.29) is 11.8 Å². The van der Waals surface area contributed by atoms with E-state index in [1.165, 1.54) is 6.07 Å². The Morgan fingerprint density at radius 1 is 1.14 bits per heavy atom. The van der Waals surface area contributed by atoms with E-state index in [0.717, 1.165) is 57.2 Å². The first-order chi connectivity index (χ1) is 17.4. The number of hydrogen-bond donors (Lipinski definition) is 1. The fourth-order valence-corrected chi connectivity index (χ4v) is 5.23. The fourth-order valence-electron chi connectivity index (χ4n) is 4.59. The standard InChI is InChI=1S/C26H30ClF3N2O4S/c1-37(34,35)31-25(33)19-4-6-23(14-20(12-19)18-2-3-18)36-16-17-8-10-32(11-9-17)15-21-13-22(26(28,29)30)5-7-24(21)27/h4-7,12-14,17-18,20H,2-3,8-11,15-16H2,1H3,(H,31,33). The molecule has 0 spiro atoms. The molecule has 1 unspecified atom stereocenters. The first kappa shape index (κ1) is 27.7. The number of amides is 1. The van der Waals surface area contributed by atoms with Crippen molar-refractivity contribution in [2.45, 2.75) is 38.4 Å². The number of sulfonamides is 1. The zero-order chi connectivity index (χ0) is 26.8. The molecule has 3 aliphatic rings. The van der Waals surface area contributed by atoms with Gasteiger partial charge < -0.3 is 4.74 Å². The smallest absolute Gasteiger partial charge is 0.416 e. The number of nitrogens with one attached hydrogen (secondary N) is 1. The average Bonchev–Trinajstić information content (AvgIpc) is 3.65. The zero-order valence-corrected chi connectivity index (χ0v) is 22.0. The molecule has 4 rings (SSSR count). The third kappa shape index (κ3) is 8.09. The van der Waals surface area contributed by atoms with Crippen LogP contribution in [0.25, 0.3) is 0 Å². The number of allylic oxidation sites excluding steroid dienone is 3. The lowest BCUT2D eigenvalue weighted by Crippen LogP contribution is -2.34. The third-order valence-electron chi connectivity index (χ3n) is 6.82. The van der Waals surface area contributed by atoms with Crippen molar-refractivity contribution >= 4 is 27.5 Å². The number of carbonyl (C=O) groups is 1. The summed E-state index contributed by atoms with van der Waals surface area (Å²) in [5.74, 6) is 0.668. The number of likely N-dealkylation sites (tertiary alicyclic amines) is 1. The van der Waals surface area contributed by atoms with Crippen molar-refractivity contribution in [3.63, 3.8) is 0 Å². The van der Waals surface area contributed by atoms with Gasteiger partial charge in [0, 0.05) is 23.1 Å². The summed E-state index contributed by atoms with van der Waals surface area (Å²) < 4.78 is 70.2. The van der Waals surface area contributed by atoms with Gasteiger partial charge in [0.2, 0.25) is 10.0 Å². The van der Waals surface area contributed by atoms with E-state index < -0.39 is 27.7 Å². The lowest BCUT2D eigenvalue weighted by Gasteiger charge is -2.32. The van der Waals surface area contributed by atoms with Crippen LogP contribution in [0.15, 0.2) is 53.8 Å². The van der Waals surface area contributed by atoms with Crippen LogP contribution in [0.5, 0.6) is 0 Å². The van der Waals surface area contributed by atoms with Gasteiger partial charge in [-0.2, -0.15) is 13.2 Å². The van der Waals surface area contributed by atoms with Crippen LogP contribution in [0.1, 0.15) is 36.8 Å². The number of halogens is 4. The van der Waals surface area contributed by atoms with Crippen LogP contribution < -0.4 is 4.72 Å². The normalized spacial score (nSPS) is 21.7. The molecule has 2 aliphatic carbocycles. The van der Waals surface area contributed by atoms with Gasteiger partial charge in [-0.15, -0.1) is 0 Å². The number of carbonyl (C=O) groups excluding carboxylic acids is 1. The maximum atomic E-state index is 13.1. The Morgan fingerprint density at radius 3 is 2.46 bits per heavy atom. The first-order valence-corrected chi connectivity index (χ1v) is 14.5. The zero-order valence-electron chi connectivity index (χ0n) is 20.4. The van der Waals surface area contributed by atoms with Gasteiger partial charge in [0.25, 0.3) is 5.91 Å². The number of ether oxygens (including phenoxy) is 1. The van der Waals surface area contributed by atoms with Crippen LogP contribution in [0.2, 0.25) is 5.02 Å². The molecule has 0 bridgehead atoms. The summed E-state index contributed by atoms with van der Waals surface area (Å²) in [6, 6.07) is 3.42. The molecule has 2 fully saturated rings. The Balaban J connectivity index is 1.30. The Morgan fingerprint density at radius 2 is 1.84 bits per heavy atom. The maximum absolute atomic E-state index is 13.1. The minimum absolute atomic E-state index is 0.00984. The predicted octanol–water partition coefficient (Wildman–Crippen LogP) is 5.07. The van der Waals surface area contributed by atoms with Crippen molar-refractivity contribution in [3.05, 3.63) is 70.0 Å². The van der Waals surface area contributed by atoms with E-state index in [1.54, 1.807) is 18.2 Å². The van der Waals surface area contributed by atoms with E-state index in [9.17, 15) is 26.4 Å². The Kier molecular flexibility index (Phi) is 8.40. The summed E-state index contributed by atoms with van der Waals surface area (Å²) in [6.07, 6.45) is 7.34. The molecule has 1 saturated heterocycles. The topological polar surface area (TPSA) is 75.7 Å². The summed E-state index contributed by atoms with van der Waals surface area (Å²) >= 11 is 6.16. The van der Waals surface area contributed by atoms with E-state index in [1.807, 2.05) is 10.8 Å². The number of hydrogen-bond acceptors (Lipinski definition) is 5. The fraction of sp³-hybridized carbons (Fsp3) is 0.500. The van der Waals surface area contributed by atoms with Crippen LogP contribution in [0, 0.1) is 17.8 Å². The van der Waals surface area contributed by atoms with Gasteiger partial charge in [-0.3, -0.25) is 9.69 Å². The highest BCUT2D eigenvalue weighted by molar-refractivity contribution is 7.89. The number of nitrogens with zero attached hydrogens (tertiary/aromatic N) is 1. The van der Waals surface area contributed by atoms with Crippen LogP contribution in [0.4, 0.5) is 13.2 Å². The summed E-state index contributed by atoms with van der Waals surface area (Å²) in [6.45, 7) is 2.28. The molecule has 1 aromatic carbocycles. The van der Waals surface area contributed by atoms with Gasteiger partial charge in [-0.1, -0.05) is 17.7 Å². The second kappa shape index (κ2) is 11.2. The number of rotatable bonds is 8. The Bertz CT molecular complexity index is 1210. The van der Waals surface area contributed by atoms with Gasteiger partial charge in [0.15, 0.2) is 0 Å². The predicted molar refractivity (Wildman–Crippen MR) is 135 cm³/mol. The molecule has 1 N–H and O–H groups in total. The molecule has 37 heavy (non-hydrogen) atoms. The molecule has 1 saturated carbocycles. The quantitative estimate of drug-likeness (QED) is 0.482. The number of alkyl halides is 3. The lowest BCUT2D eigenvalue weighted by atomic mass is 9.97. The molecule has 1 aromatic rings. The van der Waals surface area contributed by atoms with Crippen LogP contribution in [0.3, 0.4) is 0 Å². The number of benzene rings is 1. The third-order valence-corrected chi connectivity index (χ3v) is 7.75. The Labute approximate surface area is 220 Å². The summed E-state index contributed by atoms with van der Waals surface area (Å²) in [7, 11) is -3.66. The van der Waals surface area contributed by atoms with Crippen molar-refractivity contribution in [1.82, 2.24) is 9.62 Å². The maximum Gasteiger partial charge on any atom is 0.416 e. The molecule has 1 atom stereocenters. The second-order valence-corrected chi connectivity index (χ2v) is 12.1. The number of piperidine rings is 1. The van der Waals surface area contributed by atoms with E-state index in [2.05, 4.69) is 4.90 Å². The van der Waals surface area contributed by atoms with Crippen molar-refractivity contribution in [3.8, 4) is 0 Å². The highest BCUT2D eigenvalue weighted by atomic mass is 35.5. The summed E-state index contributed by atoms with van der Waals surface area (Å²) in [5, 5.41) is 0.328. The molecule has 0 aromatic heterocycles. The molecule has 1 heterocycles. The van der Waals surface area contributed by atoms with Crippen LogP contribution in [-0.4, -0.2) is 45.2 Å². The largest absolute Gasteiger partial charge is 0.494 e. The first-order valence-electron chi connectivity index (χ1n) is 12.2. The lowest BCUT2D eigenvalue weighted by molar-refractivity contribution is -0.137. The van der Waals surface area contributed by atoms with Crippen molar-refractivity contribution in [2.75, 3.05) is 26.0 Å². The average molecular weight is 559 g/mol. The minimum Gasteiger partial charge on any atom is -0.494 e. The van der Waals surface area contributed by atoms with Crippen LogP contribution in [-0.2, 0) is 32.3 Å². The Hall–Kier alpha value is -2.30. The van der Waals surface area contributed by atoms with Crippen molar-refractivity contribution in [2.24, 2.45) is 17.8 Å². The monoisotopic (exact) mass is 558 g/mol. The van der Waals surface area contributed by atoms with Gasteiger partial charge in [0.1, 0.15) is 5.76 Å². The van der Waals surface area contributed by atoms with E-state index in [0.29, 0.717) is 41.0 Å². The summed E-state index contributed by atoms with van der Waals surface area (Å²) in [5.41, 5.74) is 0.0591. The minimum atomic E-state index is -4.41. The molecule has 1 amide bonds. The molecular formula is C26H30ClF3N2O4S. The molecular weight excluding hydrogens is 529 g/mol. The van der Waals surface area contributed by atoms with Crippen LogP contribution >= 0.6 is 11.6 Å². The van der Waals surface area contributed by atoms with E-state index in [4.69, 9.17) is 16.3 Å². The highest BCUT2D eigenvalue weighted by Gasteiger charge is 2.32.